The quantitative estimate of drug-likeness (QED) is 0.805. The van der Waals surface area contributed by atoms with Gasteiger partial charge in [-0.3, -0.25) is 4.79 Å². The average molecular weight is 330 g/mol. The number of hydrogen-bond acceptors (Lipinski definition) is 2. The van der Waals surface area contributed by atoms with Crippen molar-refractivity contribution in [2.75, 3.05) is 0 Å². The number of furan rings is 1. The van der Waals surface area contributed by atoms with Crippen molar-refractivity contribution in [2.45, 2.75) is 71.6 Å². The Labute approximate surface area is 144 Å². The molecule has 3 heteroatoms. The van der Waals surface area contributed by atoms with E-state index in [4.69, 9.17) is 4.42 Å². The normalized spacial score (nSPS) is 44.3. The predicted octanol–water partition coefficient (Wildman–Crippen LogP) is 5.25. The van der Waals surface area contributed by atoms with Crippen LogP contribution in [0.25, 0.3) is 0 Å². The van der Waals surface area contributed by atoms with E-state index in [-0.39, 0.29) is 10.8 Å². The second kappa shape index (κ2) is 5.37. The molecule has 2 unspecified atom stereocenters. The van der Waals surface area contributed by atoms with Crippen LogP contribution >= 0.6 is 0 Å². The van der Waals surface area contributed by atoms with Gasteiger partial charge in [0.1, 0.15) is 5.76 Å². The van der Waals surface area contributed by atoms with Crippen LogP contribution in [0.4, 0.5) is 0 Å². The van der Waals surface area contributed by atoms with E-state index < -0.39 is 5.97 Å². The maximum atomic E-state index is 11.5. The molecular formula is C21H30O3. The molecule has 0 aromatic carbocycles. The van der Waals surface area contributed by atoms with Gasteiger partial charge in [-0.15, -0.1) is 0 Å². The molecule has 3 aliphatic rings. The van der Waals surface area contributed by atoms with Crippen LogP contribution in [0.1, 0.15) is 76.5 Å². The van der Waals surface area contributed by atoms with Crippen LogP contribution in [0, 0.1) is 28.6 Å². The van der Waals surface area contributed by atoms with Gasteiger partial charge in [0.2, 0.25) is 0 Å². The number of carboxylic acids is 1. The highest BCUT2D eigenvalue weighted by atomic mass is 16.4. The number of carbonyl (C=O) groups is 1. The minimum Gasteiger partial charge on any atom is -0.481 e. The van der Waals surface area contributed by atoms with Crippen molar-refractivity contribution in [2.24, 2.45) is 28.6 Å². The number of hydrogen-bond donors (Lipinski definition) is 1. The van der Waals surface area contributed by atoms with Crippen LogP contribution in [0.15, 0.2) is 16.7 Å². The zero-order chi connectivity index (χ0) is 17.1. The maximum absolute atomic E-state index is 11.5. The van der Waals surface area contributed by atoms with Crippen LogP contribution < -0.4 is 0 Å². The molecule has 1 heterocycles. The largest absolute Gasteiger partial charge is 0.481 e. The molecule has 24 heavy (non-hydrogen) atoms. The van der Waals surface area contributed by atoms with E-state index in [0.717, 1.165) is 18.8 Å². The van der Waals surface area contributed by atoms with Gasteiger partial charge in [-0.25, -0.2) is 0 Å². The Morgan fingerprint density at radius 2 is 2.12 bits per heavy atom. The van der Waals surface area contributed by atoms with E-state index in [1.807, 2.05) is 6.26 Å². The van der Waals surface area contributed by atoms with E-state index >= 15 is 0 Å². The lowest BCUT2D eigenvalue weighted by Gasteiger charge is -2.61. The molecule has 1 aromatic rings. The van der Waals surface area contributed by atoms with Crippen molar-refractivity contribution in [3.05, 3.63) is 23.7 Å². The lowest BCUT2D eigenvalue weighted by Crippen LogP contribution is -2.55. The molecule has 0 amide bonds. The summed E-state index contributed by atoms with van der Waals surface area (Å²) in [4.78, 5) is 11.5. The van der Waals surface area contributed by atoms with Gasteiger partial charge in [0.25, 0.3) is 0 Å². The lowest BCUT2D eigenvalue weighted by molar-refractivity contribution is -0.150. The zero-order valence-electron chi connectivity index (χ0n) is 15.2. The number of fused-ring (bicyclic) bond motifs is 4. The summed E-state index contributed by atoms with van der Waals surface area (Å²) in [6.07, 6.45) is 9.15. The molecule has 0 radical (unpaired) electrons. The maximum Gasteiger partial charge on any atom is 0.303 e. The third-order valence-electron chi connectivity index (χ3n) is 8.13. The summed E-state index contributed by atoms with van der Waals surface area (Å²) in [6, 6.07) is 2.17. The molecule has 3 nitrogen and oxygen atoms in total. The third-order valence-corrected chi connectivity index (χ3v) is 8.13. The van der Waals surface area contributed by atoms with E-state index in [0.29, 0.717) is 24.2 Å². The summed E-state index contributed by atoms with van der Waals surface area (Å²) in [5.41, 5.74) is 1.63. The molecular weight excluding hydrogens is 300 g/mol. The van der Waals surface area contributed by atoms with Gasteiger partial charge < -0.3 is 9.52 Å². The molecule has 3 aliphatic carbocycles. The Balaban J connectivity index is 1.71. The SMILES string of the molecule is C[C@@H]1c2ccoc2CC2[C@H]1CCC1[C@](C)(CC(=O)O)CCC[C@]21C. The van der Waals surface area contributed by atoms with Crippen LogP contribution in [0.2, 0.25) is 0 Å². The first-order valence-corrected chi connectivity index (χ1v) is 9.63. The highest BCUT2D eigenvalue weighted by Crippen LogP contribution is 2.65. The van der Waals surface area contributed by atoms with Crippen molar-refractivity contribution in [1.82, 2.24) is 0 Å². The van der Waals surface area contributed by atoms with Crippen molar-refractivity contribution in [1.29, 1.82) is 0 Å². The summed E-state index contributed by atoms with van der Waals surface area (Å²) in [6.45, 7) is 7.08. The van der Waals surface area contributed by atoms with E-state index in [9.17, 15) is 9.90 Å². The lowest BCUT2D eigenvalue weighted by atomic mass is 9.43. The van der Waals surface area contributed by atoms with Gasteiger partial charge in [-0.1, -0.05) is 27.2 Å². The molecule has 132 valence electrons. The highest BCUT2D eigenvalue weighted by Gasteiger charge is 2.58. The van der Waals surface area contributed by atoms with Gasteiger partial charge in [0.05, 0.1) is 12.7 Å². The van der Waals surface area contributed by atoms with Crippen LogP contribution in [-0.4, -0.2) is 11.1 Å². The number of aliphatic carboxylic acids is 1. The predicted molar refractivity (Wildman–Crippen MR) is 92.8 cm³/mol. The molecule has 0 saturated heterocycles. The number of carboxylic acid groups (broad SMARTS) is 1. The monoisotopic (exact) mass is 330 g/mol. The minimum absolute atomic E-state index is 0.0452. The van der Waals surface area contributed by atoms with Gasteiger partial charge in [0, 0.05) is 6.42 Å². The van der Waals surface area contributed by atoms with E-state index in [2.05, 4.69) is 26.8 Å². The second-order valence-corrected chi connectivity index (χ2v) is 9.28. The molecule has 6 atom stereocenters. The van der Waals surface area contributed by atoms with Crippen molar-refractivity contribution in [3.63, 3.8) is 0 Å². The van der Waals surface area contributed by atoms with Crippen LogP contribution in [0.3, 0.4) is 0 Å². The summed E-state index contributed by atoms with van der Waals surface area (Å²) in [5, 5.41) is 9.47. The van der Waals surface area contributed by atoms with E-state index in [1.54, 1.807) is 0 Å². The number of rotatable bonds is 2. The van der Waals surface area contributed by atoms with Gasteiger partial charge in [0.15, 0.2) is 0 Å². The Hall–Kier alpha value is -1.25. The molecule has 0 bridgehead atoms. The Morgan fingerprint density at radius 3 is 2.88 bits per heavy atom. The first kappa shape index (κ1) is 16.2. The van der Waals surface area contributed by atoms with Crippen LogP contribution in [0.5, 0.6) is 0 Å². The Kier molecular flexibility index (Phi) is 3.63. The average Bonchev–Trinajstić information content (AvgIpc) is 2.96. The minimum atomic E-state index is -0.630. The van der Waals surface area contributed by atoms with Gasteiger partial charge >= 0.3 is 5.97 Å². The Morgan fingerprint density at radius 1 is 1.33 bits per heavy atom. The Bertz CT molecular complexity index is 647. The fraction of sp³-hybridized carbons (Fsp3) is 0.762. The molecule has 2 fully saturated rings. The van der Waals surface area contributed by atoms with Crippen molar-refractivity contribution < 1.29 is 14.3 Å². The van der Waals surface area contributed by atoms with E-state index in [1.165, 1.54) is 37.0 Å². The standard InChI is InChI=1S/C21H30O3/c1-13-14-5-6-18-20(2,12-19(22)23)8-4-9-21(18,3)16(14)11-17-15(13)7-10-24-17/h7,10,13-14,16,18H,4-6,8-9,11-12H2,1-3H3,(H,22,23)/t13-,14-,16?,18?,20-,21+/m0/s1. The van der Waals surface area contributed by atoms with Gasteiger partial charge in [-0.2, -0.15) is 0 Å². The molecule has 1 N–H and O–H groups in total. The molecule has 4 rings (SSSR count). The first-order chi connectivity index (χ1) is 11.3. The molecule has 2 saturated carbocycles. The van der Waals surface area contributed by atoms with Crippen molar-refractivity contribution >= 4 is 5.97 Å². The summed E-state index contributed by atoms with van der Waals surface area (Å²) >= 11 is 0. The fourth-order valence-electron chi connectivity index (χ4n) is 7.08. The zero-order valence-corrected chi connectivity index (χ0v) is 15.2. The summed E-state index contributed by atoms with van der Waals surface area (Å²) in [7, 11) is 0. The topological polar surface area (TPSA) is 50.4 Å². The first-order valence-electron chi connectivity index (χ1n) is 9.63. The molecule has 0 aliphatic heterocycles. The fourth-order valence-corrected chi connectivity index (χ4v) is 7.08. The third kappa shape index (κ3) is 2.19. The second-order valence-electron chi connectivity index (χ2n) is 9.28. The highest BCUT2D eigenvalue weighted by molar-refractivity contribution is 5.67. The molecule has 0 spiro atoms. The smallest absolute Gasteiger partial charge is 0.303 e. The van der Waals surface area contributed by atoms with Crippen LogP contribution in [-0.2, 0) is 11.2 Å². The van der Waals surface area contributed by atoms with Gasteiger partial charge in [-0.05, 0) is 71.8 Å². The summed E-state index contributed by atoms with van der Waals surface area (Å²) in [5.74, 6) is 3.02. The molecule has 1 aromatic heterocycles. The van der Waals surface area contributed by atoms with Crippen molar-refractivity contribution in [3.8, 4) is 0 Å². The summed E-state index contributed by atoms with van der Waals surface area (Å²) < 4.78 is 5.82.